The number of rotatable bonds is 6. The Labute approximate surface area is 390 Å². The molecule has 0 bridgehead atoms. The first-order valence-corrected chi connectivity index (χ1v) is 19.1. The summed E-state index contributed by atoms with van der Waals surface area (Å²) in [4.78, 5) is 9.72. The lowest BCUT2D eigenvalue weighted by atomic mass is 9.79. The molecule has 302 valence electrons. The van der Waals surface area contributed by atoms with Crippen molar-refractivity contribution in [1.82, 2.24) is 14.5 Å². The van der Waals surface area contributed by atoms with Crippen molar-refractivity contribution in [2.75, 3.05) is 0 Å². The lowest BCUT2D eigenvalue weighted by molar-refractivity contribution is 0.446. The molecule has 0 aliphatic heterocycles. The average molecular weight is 812 g/mol. The van der Waals surface area contributed by atoms with Crippen LogP contribution < -0.4 is 0 Å². The van der Waals surface area contributed by atoms with Gasteiger partial charge in [-0.1, -0.05) is 152 Å². The van der Waals surface area contributed by atoms with E-state index in [4.69, 9.17) is 42.9 Å². The van der Waals surface area contributed by atoms with Crippen LogP contribution in [0.2, 0.25) is 0 Å². The molecule has 60 heavy (non-hydrogen) atoms. The van der Waals surface area contributed by atoms with Crippen LogP contribution >= 0.6 is 0 Å². The number of aryl methyl sites for hydroxylation is 2. The number of imidazole rings is 1. The van der Waals surface area contributed by atoms with Crippen LogP contribution in [0.3, 0.4) is 0 Å². The van der Waals surface area contributed by atoms with Crippen molar-refractivity contribution in [3.05, 3.63) is 167 Å². The van der Waals surface area contributed by atoms with Crippen LogP contribution in [-0.4, -0.2) is 19.6 Å². The van der Waals surface area contributed by atoms with Crippen molar-refractivity contribution in [3.8, 4) is 67.5 Å². The zero-order chi connectivity index (χ0) is 62.7. The Bertz CT molecular complexity index is 3700. The Kier molecular flexibility index (Phi) is 5.23. The summed E-state index contributed by atoms with van der Waals surface area (Å²) in [5, 5.41) is 12.9. The van der Waals surface area contributed by atoms with Crippen LogP contribution in [0.5, 0.6) is 5.75 Å². The minimum Gasteiger partial charge on any atom is -0.507 e. The second-order valence-electron chi connectivity index (χ2n) is 16.0. The molecule has 4 heteroatoms. The number of hydrogen-bond donors (Lipinski definition) is 1. The number of aromatic hydroxyl groups is 1. The van der Waals surface area contributed by atoms with Crippen molar-refractivity contribution in [3.63, 3.8) is 0 Å². The fraction of sp³-hybridized carbons (Fsp3) is 0.250. The van der Waals surface area contributed by atoms with E-state index in [1.165, 1.54) is 34.9 Å². The molecule has 0 atom stereocenters. The molecular weight excluding hydrogens is 731 g/mol. The summed E-state index contributed by atoms with van der Waals surface area (Å²) < 4.78 is 208. The van der Waals surface area contributed by atoms with Crippen molar-refractivity contribution in [2.24, 2.45) is 0 Å². The van der Waals surface area contributed by atoms with Gasteiger partial charge in [-0.05, 0) is 123 Å². The molecule has 0 saturated heterocycles. The largest absolute Gasteiger partial charge is 0.507 e. The van der Waals surface area contributed by atoms with Gasteiger partial charge in [0.15, 0.2) is 0 Å². The highest BCUT2D eigenvalue weighted by Crippen LogP contribution is 2.45. The van der Waals surface area contributed by atoms with Gasteiger partial charge in [0.2, 0.25) is 0 Å². The van der Waals surface area contributed by atoms with E-state index in [1.54, 1.807) is 79.0 Å². The molecule has 0 saturated carbocycles. The van der Waals surface area contributed by atoms with E-state index in [1.807, 2.05) is 39.0 Å². The van der Waals surface area contributed by atoms with Gasteiger partial charge in [-0.3, -0.25) is 9.55 Å². The van der Waals surface area contributed by atoms with E-state index in [-0.39, 0.29) is 39.5 Å². The molecular formula is C56H57N3O. The topological polar surface area (TPSA) is 50.9 Å². The number of phenols is 1. The molecule has 1 N–H and O–H groups in total. The van der Waals surface area contributed by atoms with Crippen LogP contribution in [0.1, 0.15) is 123 Å². The molecule has 6 aromatic carbocycles. The molecule has 0 aliphatic rings. The summed E-state index contributed by atoms with van der Waals surface area (Å²) in [5.74, 6) is -2.18. The molecule has 0 fully saturated rings. The molecule has 0 unspecified atom stereocenters. The Morgan fingerprint density at radius 2 is 1.25 bits per heavy atom. The summed E-state index contributed by atoms with van der Waals surface area (Å²) in [5.41, 5.74) is -8.47. The SMILES string of the molecule is [2H]C([2H])([2H])c1ccc(-c2ccnc(-c3cc(-c4cccc5c4nc(-c4cc(C(C([2H])([2H])[2H])(C([2H])([2H])[2H])C([2H])([2H])[2H])cc(C(C([2H])([2H])[2H])(C([2H])([2H])[2H])C([2H])([2H])[2H])c4O)n5-c4ccc(-c5ccccc5)cc4C([2H])([2H])[2H])cc(C(C)(C)C)c3)c2)cc1. The second kappa shape index (κ2) is 15.1. The van der Waals surface area contributed by atoms with Gasteiger partial charge in [0, 0.05) is 55.8 Å². The average Bonchev–Trinajstić information content (AvgIpc) is 0.888. The van der Waals surface area contributed by atoms with Gasteiger partial charge < -0.3 is 5.11 Å². The third kappa shape index (κ3) is 7.79. The number of fused-ring (bicyclic) bond motifs is 1. The highest BCUT2D eigenvalue weighted by atomic mass is 16.3. The van der Waals surface area contributed by atoms with E-state index in [9.17, 15) is 5.11 Å². The zero-order valence-electron chi connectivity index (χ0n) is 57.1. The first-order chi connectivity index (χ1) is 38.3. The Hall–Kier alpha value is -6.26. The van der Waals surface area contributed by atoms with E-state index in [2.05, 4.69) is 0 Å². The maximum atomic E-state index is 12.9. The Morgan fingerprint density at radius 1 is 0.550 bits per heavy atom. The quantitative estimate of drug-likeness (QED) is 0.182. The third-order valence-electron chi connectivity index (χ3n) is 10.6. The van der Waals surface area contributed by atoms with Crippen molar-refractivity contribution in [2.45, 2.75) is 91.8 Å². The number of nitrogens with zero attached hydrogens (tertiary/aromatic N) is 3. The normalized spacial score (nSPS) is 19.9. The zero-order valence-corrected chi connectivity index (χ0v) is 33.1. The highest BCUT2D eigenvalue weighted by molar-refractivity contribution is 5.97. The summed E-state index contributed by atoms with van der Waals surface area (Å²) in [6.45, 7) is -24.6. The van der Waals surface area contributed by atoms with E-state index in [0.717, 1.165) is 5.56 Å². The standard InChI is InChI=1S/C56H57N3O/c1-35-20-22-38(23-21-35)40-26-27-57-48(32-40)42-29-41(30-43(31-42)54(3,4)5)45-18-15-19-50-51(45)58-53(46-33-44(55(6,7)8)34-47(52(46)60)56(9,10)11)59(50)49-25-24-39(28-36(49)2)37-16-13-12-14-17-37/h12-34,60H,1-11H3/i1D3,2D3,6D3,7D3,8D3,9D3,10D3,11D3. The summed E-state index contributed by atoms with van der Waals surface area (Å²) in [6.07, 6.45) is 1.58. The Morgan fingerprint density at radius 3 is 1.97 bits per heavy atom. The van der Waals surface area contributed by atoms with Gasteiger partial charge in [-0.25, -0.2) is 4.98 Å². The van der Waals surface area contributed by atoms with Crippen LogP contribution in [0.4, 0.5) is 0 Å². The summed E-state index contributed by atoms with van der Waals surface area (Å²) >= 11 is 0. The van der Waals surface area contributed by atoms with E-state index in [0.29, 0.717) is 45.1 Å². The monoisotopic (exact) mass is 812 g/mol. The predicted octanol–water partition coefficient (Wildman–Crippen LogP) is 15.0. The molecule has 0 radical (unpaired) electrons. The number of phenolic OH excluding ortho intramolecular Hbond substituents is 1. The highest BCUT2D eigenvalue weighted by Gasteiger charge is 2.29. The van der Waals surface area contributed by atoms with Gasteiger partial charge in [0.05, 0.1) is 28.0 Å². The van der Waals surface area contributed by atoms with Crippen LogP contribution in [0, 0.1) is 13.7 Å². The molecule has 4 nitrogen and oxygen atoms in total. The van der Waals surface area contributed by atoms with Crippen molar-refractivity contribution >= 4 is 11.0 Å². The lowest BCUT2D eigenvalue weighted by Crippen LogP contribution is -2.17. The van der Waals surface area contributed by atoms with Gasteiger partial charge in [-0.2, -0.15) is 0 Å². The number of hydrogen-bond acceptors (Lipinski definition) is 3. The predicted molar refractivity (Wildman–Crippen MR) is 253 cm³/mol. The van der Waals surface area contributed by atoms with Crippen LogP contribution in [0.15, 0.2) is 140 Å². The number of para-hydroxylation sites is 1. The van der Waals surface area contributed by atoms with Gasteiger partial charge in [0.25, 0.3) is 0 Å². The second-order valence-corrected chi connectivity index (χ2v) is 16.0. The van der Waals surface area contributed by atoms with Crippen LogP contribution in [-0.2, 0) is 16.2 Å². The van der Waals surface area contributed by atoms with Gasteiger partial charge in [-0.15, -0.1) is 0 Å². The first-order valence-electron chi connectivity index (χ1n) is 31.1. The first kappa shape index (κ1) is 20.8. The van der Waals surface area contributed by atoms with Gasteiger partial charge in [0.1, 0.15) is 11.6 Å². The fourth-order valence-corrected chi connectivity index (χ4v) is 7.40. The summed E-state index contributed by atoms with van der Waals surface area (Å²) in [7, 11) is 0. The van der Waals surface area contributed by atoms with Crippen molar-refractivity contribution in [1.29, 1.82) is 0 Å². The van der Waals surface area contributed by atoms with Crippen molar-refractivity contribution < 1.29 is 38.0 Å². The number of pyridine rings is 1. The summed E-state index contributed by atoms with van der Waals surface area (Å²) in [6, 6.07) is 33.9. The Balaban J connectivity index is 1.58. The molecule has 2 heterocycles. The molecule has 0 aliphatic carbocycles. The molecule has 8 rings (SSSR count). The maximum Gasteiger partial charge on any atom is 0.149 e. The van der Waals surface area contributed by atoms with E-state index >= 15 is 0 Å². The third-order valence-corrected chi connectivity index (χ3v) is 10.6. The fourth-order valence-electron chi connectivity index (χ4n) is 7.40. The smallest absolute Gasteiger partial charge is 0.149 e. The van der Waals surface area contributed by atoms with Crippen LogP contribution in [0.25, 0.3) is 72.7 Å². The maximum absolute atomic E-state index is 12.9. The molecule has 8 aromatic rings. The lowest BCUT2D eigenvalue weighted by Gasteiger charge is -2.27. The minimum atomic E-state index is -4.24. The molecule has 2 aromatic heterocycles. The number of benzene rings is 6. The molecule has 0 spiro atoms. The number of aromatic nitrogens is 3. The van der Waals surface area contributed by atoms with Gasteiger partial charge >= 0.3 is 0 Å². The van der Waals surface area contributed by atoms with E-state index < -0.39 is 99.3 Å². The minimum absolute atomic E-state index is 0.0117. The molecule has 0 amide bonds.